The van der Waals surface area contributed by atoms with E-state index < -0.39 is 97.5 Å². The lowest BCUT2D eigenvalue weighted by atomic mass is 10.0. The molecule has 588 valence electrons. The van der Waals surface area contributed by atoms with Gasteiger partial charge >= 0.3 is 39.5 Å². The van der Waals surface area contributed by atoms with Gasteiger partial charge in [-0.05, 0) is 31.6 Å². The van der Waals surface area contributed by atoms with E-state index in [1.165, 1.54) is 250 Å². The third kappa shape index (κ3) is 74.1. The van der Waals surface area contributed by atoms with Crippen LogP contribution in [0, 0.1) is 5.92 Å². The molecular formula is C80H156O17P2. The lowest BCUT2D eigenvalue weighted by molar-refractivity contribution is -0.161. The van der Waals surface area contributed by atoms with E-state index in [1.54, 1.807) is 0 Å². The van der Waals surface area contributed by atoms with Crippen molar-refractivity contribution in [3.63, 3.8) is 0 Å². The van der Waals surface area contributed by atoms with Crippen molar-refractivity contribution in [2.24, 2.45) is 5.92 Å². The monoisotopic (exact) mass is 1450 g/mol. The quantitative estimate of drug-likeness (QED) is 0.0222. The Labute approximate surface area is 607 Å². The molecule has 19 heteroatoms. The zero-order valence-corrected chi connectivity index (χ0v) is 66.4. The molecule has 0 spiro atoms. The predicted molar refractivity (Wildman–Crippen MR) is 405 cm³/mol. The molecule has 0 aromatic rings. The second kappa shape index (κ2) is 73.0. The molecule has 0 rings (SSSR count). The van der Waals surface area contributed by atoms with Gasteiger partial charge in [-0.3, -0.25) is 37.3 Å². The van der Waals surface area contributed by atoms with Crippen molar-refractivity contribution in [1.82, 2.24) is 0 Å². The topological polar surface area (TPSA) is 237 Å². The van der Waals surface area contributed by atoms with Gasteiger partial charge < -0.3 is 33.8 Å². The van der Waals surface area contributed by atoms with Crippen LogP contribution in [0.3, 0.4) is 0 Å². The van der Waals surface area contributed by atoms with Gasteiger partial charge in [-0.2, -0.15) is 0 Å². The lowest BCUT2D eigenvalue weighted by Gasteiger charge is -2.21. The summed E-state index contributed by atoms with van der Waals surface area (Å²) in [7, 11) is -9.92. The minimum Gasteiger partial charge on any atom is -0.462 e. The van der Waals surface area contributed by atoms with Crippen molar-refractivity contribution in [3.05, 3.63) is 0 Å². The average Bonchev–Trinajstić information content (AvgIpc) is 1.01. The fraction of sp³-hybridized carbons (Fsp3) is 0.950. The van der Waals surface area contributed by atoms with Crippen LogP contribution in [0.5, 0.6) is 0 Å². The first-order valence-corrected chi connectivity index (χ1v) is 44.6. The molecule has 0 heterocycles. The Bertz CT molecular complexity index is 1890. The Balaban J connectivity index is 5.25. The summed E-state index contributed by atoms with van der Waals surface area (Å²) in [5.41, 5.74) is 0. The minimum absolute atomic E-state index is 0.109. The van der Waals surface area contributed by atoms with Crippen LogP contribution in [0.25, 0.3) is 0 Å². The Hall–Kier alpha value is -1.94. The molecule has 17 nitrogen and oxygen atoms in total. The van der Waals surface area contributed by atoms with Gasteiger partial charge in [-0.15, -0.1) is 0 Å². The number of rotatable bonds is 80. The fourth-order valence-corrected chi connectivity index (χ4v) is 14.0. The predicted octanol–water partition coefficient (Wildman–Crippen LogP) is 24.0. The first-order chi connectivity index (χ1) is 48.0. The van der Waals surface area contributed by atoms with Crippen LogP contribution < -0.4 is 0 Å². The minimum atomic E-state index is -4.96. The Morgan fingerprint density at radius 3 is 0.687 bits per heavy atom. The third-order valence-electron chi connectivity index (χ3n) is 18.8. The highest BCUT2D eigenvalue weighted by Crippen LogP contribution is 2.45. The van der Waals surface area contributed by atoms with Crippen molar-refractivity contribution in [2.45, 2.75) is 445 Å². The number of carbonyl (C=O) groups excluding carboxylic acids is 4. The number of phosphoric acid groups is 2. The first kappa shape index (κ1) is 97.1. The van der Waals surface area contributed by atoms with Crippen molar-refractivity contribution >= 4 is 39.5 Å². The van der Waals surface area contributed by atoms with Crippen molar-refractivity contribution in [2.75, 3.05) is 39.6 Å². The normalized spacial score (nSPS) is 13.9. The molecule has 0 radical (unpaired) electrons. The zero-order valence-electron chi connectivity index (χ0n) is 64.6. The van der Waals surface area contributed by atoms with Crippen LogP contribution in [0.1, 0.15) is 426 Å². The molecule has 0 amide bonds. The third-order valence-corrected chi connectivity index (χ3v) is 20.7. The van der Waals surface area contributed by atoms with Crippen molar-refractivity contribution < 1.29 is 80.2 Å². The summed E-state index contributed by atoms with van der Waals surface area (Å²) >= 11 is 0. The van der Waals surface area contributed by atoms with Gasteiger partial charge in [0.05, 0.1) is 26.4 Å². The summed E-state index contributed by atoms with van der Waals surface area (Å²) < 4.78 is 68.7. The molecule has 0 aromatic carbocycles. The highest BCUT2D eigenvalue weighted by atomic mass is 31.2. The molecule has 2 unspecified atom stereocenters. The van der Waals surface area contributed by atoms with Crippen molar-refractivity contribution in [1.29, 1.82) is 0 Å². The smallest absolute Gasteiger partial charge is 0.462 e. The molecule has 0 saturated heterocycles. The molecule has 0 bridgehead atoms. The van der Waals surface area contributed by atoms with E-state index in [9.17, 15) is 43.2 Å². The molecule has 0 aliphatic rings. The molecule has 0 saturated carbocycles. The van der Waals surface area contributed by atoms with E-state index in [-0.39, 0.29) is 25.7 Å². The summed E-state index contributed by atoms with van der Waals surface area (Å²) in [4.78, 5) is 73.0. The summed E-state index contributed by atoms with van der Waals surface area (Å²) in [6.07, 6.45) is 63.6. The summed E-state index contributed by atoms with van der Waals surface area (Å²) in [6, 6.07) is 0. The van der Waals surface area contributed by atoms with Crippen LogP contribution in [-0.4, -0.2) is 96.7 Å². The SMILES string of the molecule is CCCCCCCCCCCCCCCCCCC(=O)OC[C@H](COP(=O)(O)OC[C@@H](O)COP(=O)(O)OC[C@@H](COC(=O)CCCCCCCCCCCCC)OC(=O)CCCCCCCCCCCCCCCC)OC(=O)CCCCCCCCCCCCCCCCCC(C)C. The van der Waals surface area contributed by atoms with Gasteiger partial charge in [0.2, 0.25) is 0 Å². The number of phosphoric ester groups is 2. The van der Waals surface area contributed by atoms with E-state index in [2.05, 4.69) is 34.6 Å². The number of unbranched alkanes of at least 4 members (excludes halogenated alkanes) is 52. The number of hydrogen-bond donors (Lipinski definition) is 3. The Morgan fingerprint density at radius 2 is 0.465 bits per heavy atom. The number of aliphatic hydroxyl groups excluding tert-OH is 1. The fourth-order valence-electron chi connectivity index (χ4n) is 12.4. The number of hydrogen-bond acceptors (Lipinski definition) is 15. The van der Waals surface area contributed by atoms with Gasteiger partial charge in [0, 0.05) is 25.7 Å². The molecule has 99 heavy (non-hydrogen) atoms. The number of aliphatic hydroxyl groups is 1. The molecule has 5 atom stereocenters. The standard InChI is InChI=1S/C80H156O17P2/c1-6-9-12-15-18-21-24-26-28-31-35-39-44-49-54-59-64-78(83)91-70-76(97-80(85)66-61-56-51-46-41-36-32-29-30-33-38-42-47-52-57-62-73(4)5)72-95-99(88,89)93-68-74(81)67-92-98(86,87)94-71-75(69-90-77(82)63-58-53-48-43-37-23-20-17-14-11-8-3)96-79(84)65-60-55-50-45-40-34-27-25-22-19-16-13-10-7-2/h73-76,81H,6-72H2,1-5H3,(H,86,87)(H,88,89)/t74-,75+,76+/m0/s1. The molecule has 0 aliphatic carbocycles. The molecule has 0 fully saturated rings. The number of esters is 4. The largest absolute Gasteiger partial charge is 0.472 e. The van der Waals surface area contributed by atoms with Crippen LogP contribution in [0.4, 0.5) is 0 Å². The Morgan fingerprint density at radius 1 is 0.273 bits per heavy atom. The summed E-state index contributed by atoms with van der Waals surface area (Å²) in [5.74, 6) is -1.30. The van der Waals surface area contributed by atoms with Crippen LogP contribution in [-0.2, 0) is 65.4 Å². The van der Waals surface area contributed by atoms with E-state index in [4.69, 9.17) is 37.0 Å². The van der Waals surface area contributed by atoms with Gasteiger partial charge in [0.25, 0.3) is 0 Å². The van der Waals surface area contributed by atoms with E-state index in [0.29, 0.717) is 25.7 Å². The Kier molecular flexibility index (Phi) is 71.6. The number of carbonyl (C=O) groups is 4. The molecule has 0 aromatic heterocycles. The molecule has 0 aliphatic heterocycles. The van der Waals surface area contributed by atoms with Gasteiger partial charge in [-0.1, -0.05) is 375 Å². The van der Waals surface area contributed by atoms with Gasteiger partial charge in [-0.25, -0.2) is 9.13 Å². The zero-order chi connectivity index (χ0) is 72.7. The van der Waals surface area contributed by atoms with E-state index >= 15 is 0 Å². The maximum absolute atomic E-state index is 13.1. The average molecular weight is 1450 g/mol. The van der Waals surface area contributed by atoms with Gasteiger partial charge in [0.15, 0.2) is 12.2 Å². The second-order valence-electron chi connectivity index (χ2n) is 29.3. The highest BCUT2D eigenvalue weighted by molar-refractivity contribution is 7.47. The maximum atomic E-state index is 13.1. The van der Waals surface area contributed by atoms with Crippen LogP contribution in [0.15, 0.2) is 0 Å². The summed E-state index contributed by atoms with van der Waals surface area (Å²) in [5, 5.41) is 10.6. The van der Waals surface area contributed by atoms with Gasteiger partial charge in [0.1, 0.15) is 19.3 Å². The summed E-state index contributed by atoms with van der Waals surface area (Å²) in [6.45, 7) is 7.36. The maximum Gasteiger partial charge on any atom is 0.472 e. The lowest BCUT2D eigenvalue weighted by Crippen LogP contribution is -2.30. The second-order valence-corrected chi connectivity index (χ2v) is 32.2. The number of ether oxygens (including phenoxy) is 4. The van der Waals surface area contributed by atoms with E-state index in [0.717, 1.165) is 95.8 Å². The highest BCUT2D eigenvalue weighted by Gasteiger charge is 2.30. The van der Waals surface area contributed by atoms with Crippen LogP contribution in [0.2, 0.25) is 0 Å². The van der Waals surface area contributed by atoms with Crippen LogP contribution >= 0.6 is 15.6 Å². The molecular weight excluding hydrogens is 1290 g/mol. The van der Waals surface area contributed by atoms with E-state index in [1.807, 2.05) is 0 Å². The molecule has 3 N–H and O–H groups in total. The first-order valence-electron chi connectivity index (χ1n) is 41.6. The van der Waals surface area contributed by atoms with Crippen molar-refractivity contribution in [3.8, 4) is 0 Å².